The maximum atomic E-state index is 13.3. The fourth-order valence-electron chi connectivity index (χ4n) is 3.51. The summed E-state index contributed by atoms with van der Waals surface area (Å²) in [4.78, 5) is 39.7. The van der Waals surface area contributed by atoms with Crippen molar-refractivity contribution in [3.8, 4) is 5.75 Å². The third-order valence-electron chi connectivity index (χ3n) is 5.43. The van der Waals surface area contributed by atoms with Crippen molar-refractivity contribution in [3.63, 3.8) is 0 Å². The number of carbonyl (C=O) groups is 3. The van der Waals surface area contributed by atoms with Crippen LogP contribution in [0.4, 0.5) is 0 Å². The monoisotopic (exact) mass is 429 g/mol. The summed E-state index contributed by atoms with van der Waals surface area (Å²) in [6, 6.07) is 3.13. The predicted molar refractivity (Wildman–Crippen MR) is 113 cm³/mol. The number of ether oxygens (including phenoxy) is 2. The molecule has 0 aliphatic carbocycles. The van der Waals surface area contributed by atoms with E-state index in [4.69, 9.17) is 9.47 Å². The second-order valence-corrected chi connectivity index (χ2v) is 8.57. The van der Waals surface area contributed by atoms with Crippen molar-refractivity contribution in [2.45, 2.75) is 32.6 Å². The van der Waals surface area contributed by atoms with Gasteiger partial charge in [-0.1, -0.05) is 11.8 Å². The number of hydrogen-bond acceptors (Lipinski definition) is 8. The van der Waals surface area contributed by atoms with Crippen LogP contribution in [0.2, 0.25) is 0 Å². The number of phenols is 1. The number of methoxy groups -OCH3 is 2. The lowest BCUT2D eigenvalue weighted by Crippen LogP contribution is -2.52. The first kappa shape index (κ1) is 21.7. The lowest BCUT2D eigenvalue weighted by atomic mass is 9.92. The van der Waals surface area contributed by atoms with E-state index in [1.54, 1.807) is 17.9 Å². The van der Waals surface area contributed by atoms with Crippen LogP contribution in [0.25, 0.3) is 0 Å². The molecule has 2 aliphatic rings. The number of thioether (sulfide) groups is 1. The van der Waals surface area contributed by atoms with Gasteiger partial charge in [-0.25, -0.2) is 9.59 Å². The van der Waals surface area contributed by atoms with Gasteiger partial charge in [-0.15, -0.1) is 0 Å². The van der Waals surface area contributed by atoms with Crippen LogP contribution in [0.3, 0.4) is 0 Å². The summed E-state index contributed by atoms with van der Waals surface area (Å²) in [5.41, 5.74) is 2.63. The van der Waals surface area contributed by atoms with Crippen LogP contribution in [0, 0.1) is 13.8 Å². The molecule has 0 saturated heterocycles. The van der Waals surface area contributed by atoms with Crippen LogP contribution >= 0.6 is 11.8 Å². The molecular weight excluding hydrogens is 406 g/mol. The third-order valence-corrected chi connectivity index (χ3v) is 6.91. The van der Waals surface area contributed by atoms with Crippen molar-refractivity contribution in [2.24, 2.45) is 0 Å². The molecule has 0 spiro atoms. The van der Waals surface area contributed by atoms with Gasteiger partial charge in [-0.05, 0) is 57.0 Å². The molecule has 1 N–H and O–H groups in total. The smallest absolute Gasteiger partial charge is 0.348 e. The Bertz CT molecular complexity index is 1070. The maximum Gasteiger partial charge on any atom is 0.348 e. The summed E-state index contributed by atoms with van der Waals surface area (Å²) in [6.45, 7) is 7.29. The van der Waals surface area contributed by atoms with Gasteiger partial charge in [0.1, 0.15) is 5.75 Å². The molecule has 0 amide bonds. The molecule has 0 fully saturated rings. The van der Waals surface area contributed by atoms with Gasteiger partial charge >= 0.3 is 11.9 Å². The number of carbonyl (C=O) groups excluding carboxylic acids is 3. The highest BCUT2D eigenvalue weighted by atomic mass is 32.2. The third kappa shape index (κ3) is 3.11. The van der Waals surface area contributed by atoms with Gasteiger partial charge < -0.3 is 19.5 Å². The molecule has 0 radical (unpaired) electrons. The van der Waals surface area contributed by atoms with Gasteiger partial charge in [0.05, 0.1) is 25.4 Å². The molecular formula is C22H23NO6S. The van der Waals surface area contributed by atoms with Crippen LogP contribution in [-0.2, 0) is 19.1 Å². The Hall–Kier alpha value is -3.00. The van der Waals surface area contributed by atoms with Crippen LogP contribution in [-0.4, -0.2) is 46.8 Å². The number of Topliss-reactive ketones (excluding diaryl/α,β-unsaturated/α-hetero) is 1. The van der Waals surface area contributed by atoms with Crippen LogP contribution < -0.4 is 0 Å². The lowest BCUT2D eigenvalue weighted by molar-refractivity contribution is -0.149. The number of allylic oxidation sites excluding steroid dienone is 4. The molecule has 0 saturated carbocycles. The average Bonchev–Trinajstić information content (AvgIpc) is 2.99. The molecule has 1 aromatic rings. The minimum absolute atomic E-state index is 0.0211. The summed E-state index contributed by atoms with van der Waals surface area (Å²) in [6.07, 6.45) is 2.86. The van der Waals surface area contributed by atoms with Crippen molar-refractivity contribution >= 4 is 29.5 Å². The molecule has 1 aromatic carbocycles. The van der Waals surface area contributed by atoms with Gasteiger partial charge in [-0.2, -0.15) is 0 Å². The van der Waals surface area contributed by atoms with Crippen molar-refractivity contribution < 1.29 is 29.0 Å². The Kier molecular flexibility index (Phi) is 5.56. The Balaban J connectivity index is 2.21. The zero-order valence-corrected chi connectivity index (χ0v) is 18.5. The first-order valence-electron chi connectivity index (χ1n) is 9.20. The van der Waals surface area contributed by atoms with Crippen LogP contribution in [0.5, 0.6) is 5.75 Å². The maximum absolute atomic E-state index is 13.3. The molecule has 1 atom stereocenters. The molecule has 158 valence electrons. The van der Waals surface area contributed by atoms with Crippen LogP contribution in [0.1, 0.15) is 35.3 Å². The fraction of sp³-hybridized carbons (Fsp3) is 0.318. The zero-order valence-electron chi connectivity index (χ0n) is 17.7. The number of fused-ring (bicyclic) bond motifs is 1. The van der Waals surface area contributed by atoms with Crippen LogP contribution in [0.15, 0.2) is 46.2 Å². The summed E-state index contributed by atoms with van der Waals surface area (Å²) < 4.78 is 9.93. The number of rotatable bonds is 4. The number of aryl methyl sites for hydroxylation is 2. The Morgan fingerprint density at radius 2 is 1.67 bits per heavy atom. The van der Waals surface area contributed by atoms with E-state index in [1.165, 1.54) is 32.6 Å². The first-order valence-corrected chi connectivity index (χ1v) is 10.0. The topological polar surface area (TPSA) is 93.1 Å². The summed E-state index contributed by atoms with van der Waals surface area (Å²) >= 11 is 1.16. The highest BCUT2D eigenvalue weighted by Gasteiger charge is 2.58. The van der Waals surface area contributed by atoms with Crippen molar-refractivity contribution in [3.05, 3.63) is 62.8 Å². The van der Waals surface area contributed by atoms with E-state index in [2.05, 4.69) is 0 Å². The number of benzene rings is 1. The molecule has 0 bridgehead atoms. The second kappa shape index (κ2) is 7.68. The standard InChI is InChI=1S/C22H23NO6S/c1-11-7-16(18(24)8-12(11)2)19(25)15-9-17(20(26)28-5)22(21(27)29-6)23(10-15)13(3)14(4)30-22/h7-10,24H,1-6H3. The fourth-order valence-corrected chi connectivity index (χ4v) is 4.91. The SMILES string of the molecule is COC(=O)C1=CC(C(=O)c2cc(C)c(C)cc2O)=CN2C(C)=C(C)SC12C(=O)OC. The van der Waals surface area contributed by atoms with Gasteiger partial charge in [0.15, 0.2) is 5.78 Å². The van der Waals surface area contributed by atoms with E-state index in [0.29, 0.717) is 5.70 Å². The summed E-state index contributed by atoms with van der Waals surface area (Å²) in [5, 5.41) is 10.3. The van der Waals surface area contributed by atoms with Gasteiger partial charge in [0, 0.05) is 22.4 Å². The lowest BCUT2D eigenvalue weighted by Gasteiger charge is -2.38. The van der Waals surface area contributed by atoms with E-state index in [-0.39, 0.29) is 22.5 Å². The number of nitrogens with zero attached hydrogens (tertiary/aromatic N) is 1. The molecule has 3 rings (SSSR count). The number of esters is 2. The first-order chi connectivity index (χ1) is 14.1. The minimum Gasteiger partial charge on any atom is -0.507 e. The van der Waals surface area contributed by atoms with Crippen molar-refractivity contribution in [1.82, 2.24) is 4.90 Å². The molecule has 1 unspecified atom stereocenters. The zero-order chi connectivity index (χ0) is 22.4. The van der Waals surface area contributed by atoms with E-state index < -0.39 is 22.6 Å². The van der Waals surface area contributed by atoms with Gasteiger partial charge in [-0.3, -0.25) is 4.79 Å². The summed E-state index contributed by atoms with van der Waals surface area (Å²) in [7, 11) is 2.45. The van der Waals surface area contributed by atoms with Crippen molar-refractivity contribution in [2.75, 3.05) is 14.2 Å². The molecule has 8 heteroatoms. The van der Waals surface area contributed by atoms with E-state index in [9.17, 15) is 19.5 Å². The molecule has 2 heterocycles. The molecule has 30 heavy (non-hydrogen) atoms. The number of phenolic OH excluding ortho intramolecular Hbond substituents is 1. The molecule has 7 nitrogen and oxygen atoms in total. The number of ketones is 1. The Morgan fingerprint density at radius 3 is 2.27 bits per heavy atom. The Labute approximate surface area is 179 Å². The Morgan fingerprint density at radius 1 is 1.03 bits per heavy atom. The summed E-state index contributed by atoms with van der Waals surface area (Å²) in [5.74, 6) is -2.03. The minimum atomic E-state index is -1.51. The van der Waals surface area contributed by atoms with Gasteiger partial charge in [0.25, 0.3) is 0 Å². The molecule has 2 aliphatic heterocycles. The number of hydrogen-bond donors (Lipinski definition) is 1. The van der Waals surface area contributed by atoms with E-state index in [1.807, 2.05) is 20.8 Å². The molecule has 0 aromatic heterocycles. The van der Waals surface area contributed by atoms with E-state index in [0.717, 1.165) is 27.8 Å². The average molecular weight is 429 g/mol. The highest BCUT2D eigenvalue weighted by molar-refractivity contribution is 8.05. The second-order valence-electron chi connectivity index (χ2n) is 7.17. The van der Waals surface area contributed by atoms with E-state index >= 15 is 0 Å². The normalized spacial score (nSPS) is 20.4. The quantitative estimate of drug-likeness (QED) is 0.575. The highest BCUT2D eigenvalue weighted by Crippen LogP contribution is 2.53. The largest absolute Gasteiger partial charge is 0.507 e. The number of aromatic hydroxyl groups is 1. The predicted octanol–water partition coefficient (Wildman–Crippen LogP) is 3.36. The van der Waals surface area contributed by atoms with Gasteiger partial charge in [0.2, 0.25) is 4.87 Å². The van der Waals surface area contributed by atoms with Crippen molar-refractivity contribution in [1.29, 1.82) is 0 Å².